The van der Waals surface area contributed by atoms with Gasteiger partial charge in [-0.1, -0.05) is 77.2 Å². The predicted octanol–water partition coefficient (Wildman–Crippen LogP) is 6.12. The van der Waals surface area contributed by atoms with E-state index in [1.165, 1.54) is 69.8 Å². The quantitative estimate of drug-likeness (QED) is 0.293. The fourth-order valence-corrected chi connectivity index (χ4v) is 2.32. The lowest BCUT2D eigenvalue weighted by Crippen LogP contribution is -1.95. The summed E-state index contributed by atoms with van der Waals surface area (Å²) in [7, 11) is 0. The minimum Gasteiger partial charge on any atom is -0.100 e. The molecule has 0 heterocycles. The highest BCUT2D eigenvalue weighted by atomic mass is 14.1. The van der Waals surface area contributed by atoms with Crippen molar-refractivity contribution in [3.05, 3.63) is 12.2 Å². The monoisotopic (exact) mass is 224 g/mol. The second kappa shape index (κ2) is 11.2. The average molecular weight is 224 g/mol. The van der Waals surface area contributed by atoms with Crippen molar-refractivity contribution in [1.29, 1.82) is 0 Å². The Labute approximate surface area is 104 Å². The lowest BCUT2D eigenvalue weighted by Gasteiger charge is -2.10. The van der Waals surface area contributed by atoms with E-state index in [0.717, 1.165) is 5.92 Å². The molecule has 0 rings (SSSR count). The van der Waals surface area contributed by atoms with E-state index in [4.69, 9.17) is 0 Å². The van der Waals surface area contributed by atoms with Crippen molar-refractivity contribution in [2.45, 2.75) is 85.0 Å². The molecule has 0 aliphatic rings. The lowest BCUT2D eigenvalue weighted by atomic mass is 9.96. The summed E-state index contributed by atoms with van der Waals surface area (Å²) in [5, 5.41) is 0. The second-order valence-electron chi connectivity index (χ2n) is 5.53. The topological polar surface area (TPSA) is 0 Å². The van der Waals surface area contributed by atoms with E-state index in [0.29, 0.717) is 0 Å². The Morgan fingerprint density at radius 3 is 1.94 bits per heavy atom. The molecular formula is C16H32. The SMILES string of the molecule is C=C(C)CC(C)CCCCCCCCCC. The van der Waals surface area contributed by atoms with Gasteiger partial charge in [-0.05, 0) is 19.3 Å². The molecule has 0 saturated heterocycles. The van der Waals surface area contributed by atoms with Crippen LogP contribution in [0.1, 0.15) is 85.0 Å². The third-order valence-corrected chi connectivity index (χ3v) is 3.25. The van der Waals surface area contributed by atoms with Crippen LogP contribution in [0.3, 0.4) is 0 Å². The van der Waals surface area contributed by atoms with Gasteiger partial charge >= 0.3 is 0 Å². The van der Waals surface area contributed by atoms with Gasteiger partial charge in [0.2, 0.25) is 0 Å². The van der Waals surface area contributed by atoms with E-state index in [1.54, 1.807) is 0 Å². The van der Waals surface area contributed by atoms with Crippen LogP contribution in [-0.4, -0.2) is 0 Å². The molecule has 0 amide bonds. The predicted molar refractivity (Wildman–Crippen MR) is 75.8 cm³/mol. The fourth-order valence-electron chi connectivity index (χ4n) is 2.32. The van der Waals surface area contributed by atoms with Gasteiger partial charge < -0.3 is 0 Å². The molecule has 0 saturated carbocycles. The molecule has 96 valence electrons. The van der Waals surface area contributed by atoms with Crippen molar-refractivity contribution in [2.24, 2.45) is 5.92 Å². The van der Waals surface area contributed by atoms with Crippen LogP contribution in [0.4, 0.5) is 0 Å². The molecule has 0 heteroatoms. The summed E-state index contributed by atoms with van der Waals surface area (Å²) in [6, 6.07) is 0. The van der Waals surface area contributed by atoms with Crippen LogP contribution in [0.25, 0.3) is 0 Å². The summed E-state index contributed by atoms with van der Waals surface area (Å²) < 4.78 is 0. The highest BCUT2D eigenvalue weighted by Crippen LogP contribution is 2.17. The van der Waals surface area contributed by atoms with Gasteiger partial charge in [-0.15, -0.1) is 6.58 Å². The maximum atomic E-state index is 3.98. The van der Waals surface area contributed by atoms with Crippen LogP contribution >= 0.6 is 0 Å². The zero-order valence-corrected chi connectivity index (χ0v) is 11.9. The Kier molecular flexibility index (Phi) is 11.0. The van der Waals surface area contributed by atoms with E-state index in [-0.39, 0.29) is 0 Å². The van der Waals surface area contributed by atoms with E-state index in [1.807, 2.05) is 0 Å². The van der Waals surface area contributed by atoms with Gasteiger partial charge in [0.05, 0.1) is 0 Å². The summed E-state index contributed by atoms with van der Waals surface area (Å²) >= 11 is 0. The molecule has 0 aliphatic carbocycles. The molecule has 0 fully saturated rings. The molecule has 0 N–H and O–H groups in total. The molecule has 0 radical (unpaired) electrons. The first-order valence-electron chi connectivity index (χ1n) is 7.31. The van der Waals surface area contributed by atoms with Crippen molar-refractivity contribution in [2.75, 3.05) is 0 Å². The summed E-state index contributed by atoms with van der Waals surface area (Å²) in [5.41, 5.74) is 1.34. The summed E-state index contributed by atoms with van der Waals surface area (Å²) in [6.07, 6.45) is 14.1. The molecule has 1 unspecified atom stereocenters. The van der Waals surface area contributed by atoms with E-state index >= 15 is 0 Å². The smallest absolute Gasteiger partial charge is 0.0300 e. The first kappa shape index (κ1) is 15.7. The number of hydrogen-bond donors (Lipinski definition) is 0. The summed E-state index contributed by atoms with van der Waals surface area (Å²) in [6.45, 7) is 10.8. The standard InChI is InChI=1S/C16H32/c1-5-6-7-8-9-10-11-12-13-16(4)14-15(2)3/h16H,2,5-14H2,1,3-4H3. The third-order valence-electron chi connectivity index (χ3n) is 3.25. The van der Waals surface area contributed by atoms with Crippen molar-refractivity contribution < 1.29 is 0 Å². The van der Waals surface area contributed by atoms with E-state index in [2.05, 4.69) is 27.4 Å². The van der Waals surface area contributed by atoms with E-state index in [9.17, 15) is 0 Å². The Balaban J connectivity index is 3.11. The minimum atomic E-state index is 0.845. The van der Waals surface area contributed by atoms with Crippen molar-refractivity contribution >= 4 is 0 Å². The van der Waals surface area contributed by atoms with Crippen LogP contribution in [0.5, 0.6) is 0 Å². The normalized spacial score (nSPS) is 12.7. The second-order valence-corrected chi connectivity index (χ2v) is 5.53. The molecule has 0 spiro atoms. The first-order valence-corrected chi connectivity index (χ1v) is 7.31. The van der Waals surface area contributed by atoms with Crippen molar-refractivity contribution in [3.8, 4) is 0 Å². The number of rotatable bonds is 11. The van der Waals surface area contributed by atoms with Crippen molar-refractivity contribution in [1.82, 2.24) is 0 Å². The third kappa shape index (κ3) is 11.8. The number of allylic oxidation sites excluding steroid dienone is 1. The average Bonchev–Trinajstić information content (AvgIpc) is 2.21. The van der Waals surface area contributed by atoms with Crippen molar-refractivity contribution in [3.63, 3.8) is 0 Å². The maximum absolute atomic E-state index is 3.98. The minimum absolute atomic E-state index is 0.845. The Morgan fingerprint density at radius 2 is 1.44 bits per heavy atom. The van der Waals surface area contributed by atoms with Crippen LogP contribution < -0.4 is 0 Å². The zero-order chi connectivity index (χ0) is 12.2. The van der Waals surface area contributed by atoms with Crippen LogP contribution in [0.2, 0.25) is 0 Å². The van der Waals surface area contributed by atoms with Crippen LogP contribution in [0.15, 0.2) is 12.2 Å². The molecule has 16 heavy (non-hydrogen) atoms. The largest absolute Gasteiger partial charge is 0.100 e. The Morgan fingerprint density at radius 1 is 0.938 bits per heavy atom. The molecule has 0 aromatic heterocycles. The van der Waals surface area contributed by atoms with Gasteiger partial charge in [-0.2, -0.15) is 0 Å². The fraction of sp³-hybridized carbons (Fsp3) is 0.875. The molecule has 0 bridgehead atoms. The zero-order valence-electron chi connectivity index (χ0n) is 11.9. The van der Waals surface area contributed by atoms with Gasteiger partial charge in [-0.25, -0.2) is 0 Å². The van der Waals surface area contributed by atoms with Gasteiger partial charge in [0, 0.05) is 0 Å². The van der Waals surface area contributed by atoms with Crippen LogP contribution in [-0.2, 0) is 0 Å². The lowest BCUT2D eigenvalue weighted by molar-refractivity contribution is 0.478. The molecule has 0 nitrogen and oxygen atoms in total. The molecule has 0 aromatic carbocycles. The first-order chi connectivity index (χ1) is 7.66. The highest BCUT2D eigenvalue weighted by Gasteiger charge is 2.01. The summed E-state index contributed by atoms with van der Waals surface area (Å²) in [5.74, 6) is 0.845. The van der Waals surface area contributed by atoms with Gasteiger partial charge in [0.1, 0.15) is 0 Å². The maximum Gasteiger partial charge on any atom is -0.0300 e. The molecule has 0 aliphatic heterocycles. The molecule has 1 atom stereocenters. The molecular weight excluding hydrogens is 192 g/mol. The highest BCUT2D eigenvalue weighted by molar-refractivity contribution is 4.89. The molecule has 0 aromatic rings. The number of unbranched alkanes of at least 4 members (excludes halogenated alkanes) is 7. The van der Waals surface area contributed by atoms with E-state index < -0.39 is 0 Å². The van der Waals surface area contributed by atoms with Gasteiger partial charge in [0.25, 0.3) is 0 Å². The summed E-state index contributed by atoms with van der Waals surface area (Å²) in [4.78, 5) is 0. The van der Waals surface area contributed by atoms with Crippen LogP contribution in [0, 0.1) is 5.92 Å². The van der Waals surface area contributed by atoms with Gasteiger partial charge in [-0.3, -0.25) is 0 Å². The number of hydrogen-bond acceptors (Lipinski definition) is 0. The Hall–Kier alpha value is -0.260. The Bertz CT molecular complexity index is 157. The van der Waals surface area contributed by atoms with Gasteiger partial charge in [0.15, 0.2) is 0 Å².